The largest absolute Gasteiger partial charge is 0.346 e. The van der Waals surface area contributed by atoms with E-state index in [9.17, 15) is 0 Å². The zero-order chi connectivity index (χ0) is 11.7. The normalized spacial score (nSPS) is 11.6. The summed E-state index contributed by atoms with van der Waals surface area (Å²) in [4.78, 5) is 0. The second-order valence-corrected chi connectivity index (χ2v) is 4.79. The molecule has 1 N–H and O–H groups in total. The van der Waals surface area contributed by atoms with Gasteiger partial charge in [-0.05, 0) is 25.1 Å². The van der Waals surface area contributed by atoms with Crippen molar-refractivity contribution >= 4 is 10.9 Å². The second-order valence-electron chi connectivity index (χ2n) is 4.79. The van der Waals surface area contributed by atoms with Crippen molar-refractivity contribution in [3.63, 3.8) is 0 Å². The van der Waals surface area contributed by atoms with Gasteiger partial charge in [-0.3, -0.25) is 0 Å². The van der Waals surface area contributed by atoms with Gasteiger partial charge in [0.15, 0.2) is 0 Å². The van der Waals surface area contributed by atoms with E-state index in [4.69, 9.17) is 0 Å². The van der Waals surface area contributed by atoms with E-state index in [-0.39, 0.29) is 0 Å². The van der Waals surface area contributed by atoms with Crippen molar-refractivity contribution in [3.8, 4) is 0 Å². The molecule has 0 aliphatic heterocycles. The minimum atomic E-state index is 0.528. The summed E-state index contributed by atoms with van der Waals surface area (Å²) in [6.45, 7) is 7.42. The van der Waals surface area contributed by atoms with Crippen LogP contribution in [-0.2, 0) is 13.6 Å². The molecule has 0 aliphatic carbocycles. The van der Waals surface area contributed by atoms with E-state index in [1.807, 2.05) is 0 Å². The quantitative estimate of drug-likeness (QED) is 0.834. The SMILES string of the molecule is Cc1ccc2c(c1)cc(CNC(C)C)n2C. The van der Waals surface area contributed by atoms with Crippen LogP contribution in [0.5, 0.6) is 0 Å². The number of benzene rings is 1. The van der Waals surface area contributed by atoms with E-state index in [1.165, 1.54) is 22.2 Å². The predicted octanol–water partition coefficient (Wildman–Crippen LogP) is 2.98. The summed E-state index contributed by atoms with van der Waals surface area (Å²) in [5.74, 6) is 0. The summed E-state index contributed by atoms with van der Waals surface area (Å²) in [6.07, 6.45) is 0. The van der Waals surface area contributed by atoms with Crippen molar-refractivity contribution in [2.45, 2.75) is 33.4 Å². The number of hydrogen-bond acceptors (Lipinski definition) is 1. The molecule has 2 heteroatoms. The van der Waals surface area contributed by atoms with Gasteiger partial charge in [0.25, 0.3) is 0 Å². The molecule has 0 fully saturated rings. The Hall–Kier alpha value is -1.28. The maximum atomic E-state index is 3.46. The number of aromatic nitrogens is 1. The molecule has 1 aromatic carbocycles. The fourth-order valence-corrected chi connectivity index (χ4v) is 2.00. The molecule has 0 aliphatic rings. The molecule has 1 aromatic heterocycles. The maximum Gasteiger partial charge on any atom is 0.0480 e. The van der Waals surface area contributed by atoms with Gasteiger partial charge in [-0.15, -0.1) is 0 Å². The van der Waals surface area contributed by atoms with Crippen LogP contribution in [0.1, 0.15) is 25.1 Å². The van der Waals surface area contributed by atoms with Crippen LogP contribution in [-0.4, -0.2) is 10.6 Å². The number of rotatable bonds is 3. The van der Waals surface area contributed by atoms with E-state index >= 15 is 0 Å². The van der Waals surface area contributed by atoms with E-state index < -0.39 is 0 Å². The molecular weight excluding hydrogens is 196 g/mol. The fraction of sp³-hybridized carbons (Fsp3) is 0.429. The lowest BCUT2D eigenvalue weighted by Gasteiger charge is -2.08. The number of aryl methyl sites for hydroxylation is 2. The highest BCUT2D eigenvalue weighted by Crippen LogP contribution is 2.19. The van der Waals surface area contributed by atoms with Gasteiger partial charge in [0, 0.05) is 36.2 Å². The molecule has 0 saturated heterocycles. The van der Waals surface area contributed by atoms with Gasteiger partial charge in [-0.2, -0.15) is 0 Å². The molecule has 2 rings (SSSR count). The average molecular weight is 216 g/mol. The molecule has 16 heavy (non-hydrogen) atoms. The zero-order valence-electron chi connectivity index (χ0n) is 10.5. The van der Waals surface area contributed by atoms with Gasteiger partial charge >= 0.3 is 0 Å². The fourth-order valence-electron chi connectivity index (χ4n) is 2.00. The number of nitrogens with one attached hydrogen (secondary N) is 1. The topological polar surface area (TPSA) is 17.0 Å². The lowest BCUT2D eigenvalue weighted by atomic mass is 10.2. The lowest BCUT2D eigenvalue weighted by Crippen LogP contribution is -2.22. The molecule has 0 spiro atoms. The Morgan fingerprint density at radius 2 is 2.00 bits per heavy atom. The third-order valence-electron chi connectivity index (χ3n) is 2.99. The molecule has 0 amide bonds. The summed E-state index contributed by atoms with van der Waals surface area (Å²) in [5.41, 5.74) is 3.97. The van der Waals surface area contributed by atoms with Gasteiger partial charge in [0.1, 0.15) is 0 Å². The maximum absolute atomic E-state index is 3.46. The summed E-state index contributed by atoms with van der Waals surface area (Å²) in [5, 5.41) is 4.79. The molecule has 0 atom stereocenters. The third kappa shape index (κ3) is 2.12. The van der Waals surface area contributed by atoms with Gasteiger partial charge in [0.05, 0.1) is 0 Å². The Morgan fingerprint density at radius 3 is 2.69 bits per heavy atom. The second kappa shape index (κ2) is 4.30. The van der Waals surface area contributed by atoms with E-state index in [0.29, 0.717) is 6.04 Å². The van der Waals surface area contributed by atoms with Crippen LogP contribution in [0.15, 0.2) is 24.3 Å². The summed E-state index contributed by atoms with van der Waals surface area (Å²) in [7, 11) is 2.13. The van der Waals surface area contributed by atoms with Crippen LogP contribution in [0.25, 0.3) is 10.9 Å². The predicted molar refractivity (Wildman–Crippen MR) is 69.6 cm³/mol. The summed E-state index contributed by atoms with van der Waals surface area (Å²) >= 11 is 0. The Bertz CT molecular complexity index is 495. The van der Waals surface area contributed by atoms with Crippen molar-refractivity contribution in [3.05, 3.63) is 35.5 Å². The van der Waals surface area contributed by atoms with Crippen LogP contribution in [0, 0.1) is 6.92 Å². The molecule has 2 aromatic rings. The Labute approximate surface area is 97.3 Å². The lowest BCUT2D eigenvalue weighted by molar-refractivity contribution is 0.572. The Kier molecular flexibility index (Phi) is 3.01. The molecule has 2 nitrogen and oxygen atoms in total. The molecule has 1 heterocycles. The van der Waals surface area contributed by atoms with Crippen LogP contribution >= 0.6 is 0 Å². The first-order valence-electron chi connectivity index (χ1n) is 5.86. The smallest absolute Gasteiger partial charge is 0.0480 e. The summed E-state index contributed by atoms with van der Waals surface area (Å²) in [6, 6.07) is 9.41. The van der Waals surface area contributed by atoms with Gasteiger partial charge in [-0.1, -0.05) is 25.5 Å². The monoisotopic (exact) mass is 216 g/mol. The standard InChI is InChI=1S/C14H20N2/c1-10(2)15-9-13-8-12-7-11(3)5-6-14(12)16(13)4/h5-8,10,15H,9H2,1-4H3. The van der Waals surface area contributed by atoms with E-state index in [2.05, 4.69) is 62.0 Å². The Morgan fingerprint density at radius 1 is 1.25 bits per heavy atom. The van der Waals surface area contributed by atoms with Crippen molar-refractivity contribution in [2.24, 2.45) is 7.05 Å². The molecule has 0 unspecified atom stereocenters. The minimum absolute atomic E-state index is 0.528. The average Bonchev–Trinajstić information content (AvgIpc) is 2.52. The van der Waals surface area contributed by atoms with Crippen molar-refractivity contribution < 1.29 is 0 Å². The number of hydrogen-bond donors (Lipinski definition) is 1. The number of fused-ring (bicyclic) bond motifs is 1. The highest BCUT2D eigenvalue weighted by atomic mass is 15.0. The summed E-state index contributed by atoms with van der Waals surface area (Å²) < 4.78 is 2.27. The van der Waals surface area contributed by atoms with Crippen LogP contribution < -0.4 is 5.32 Å². The van der Waals surface area contributed by atoms with Gasteiger partial charge in [0.2, 0.25) is 0 Å². The molecule has 86 valence electrons. The third-order valence-corrected chi connectivity index (χ3v) is 2.99. The first-order chi connectivity index (χ1) is 7.58. The van der Waals surface area contributed by atoms with Crippen LogP contribution in [0.3, 0.4) is 0 Å². The minimum Gasteiger partial charge on any atom is -0.346 e. The van der Waals surface area contributed by atoms with Crippen molar-refractivity contribution in [2.75, 3.05) is 0 Å². The highest BCUT2D eigenvalue weighted by Gasteiger charge is 2.05. The molecule has 0 radical (unpaired) electrons. The Balaban J connectivity index is 2.36. The molecule has 0 saturated carbocycles. The van der Waals surface area contributed by atoms with Crippen molar-refractivity contribution in [1.82, 2.24) is 9.88 Å². The van der Waals surface area contributed by atoms with E-state index in [0.717, 1.165) is 6.54 Å². The first kappa shape index (κ1) is 11.2. The van der Waals surface area contributed by atoms with Gasteiger partial charge < -0.3 is 9.88 Å². The zero-order valence-corrected chi connectivity index (χ0v) is 10.5. The van der Waals surface area contributed by atoms with E-state index in [1.54, 1.807) is 0 Å². The molecular formula is C14H20N2. The van der Waals surface area contributed by atoms with Crippen molar-refractivity contribution in [1.29, 1.82) is 0 Å². The van der Waals surface area contributed by atoms with Crippen LogP contribution in [0.2, 0.25) is 0 Å². The number of nitrogens with zero attached hydrogens (tertiary/aromatic N) is 1. The molecule has 0 bridgehead atoms. The van der Waals surface area contributed by atoms with Crippen LogP contribution in [0.4, 0.5) is 0 Å². The van der Waals surface area contributed by atoms with Gasteiger partial charge in [-0.25, -0.2) is 0 Å². The highest BCUT2D eigenvalue weighted by molar-refractivity contribution is 5.82. The first-order valence-corrected chi connectivity index (χ1v) is 5.86.